The monoisotopic (exact) mass is 269 g/mol. The van der Waals surface area contributed by atoms with E-state index < -0.39 is 0 Å². The molecule has 3 aliphatic rings. The third kappa shape index (κ3) is 2.88. The van der Waals surface area contributed by atoms with Crippen molar-refractivity contribution in [2.45, 2.75) is 75.5 Å². The Morgan fingerprint density at radius 3 is 2.56 bits per heavy atom. The Kier molecular flexibility index (Phi) is 3.93. The molecule has 0 aromatic heterocycles. The highest BCUT2D eigenvalue weighted by molar-refractivity contribution is 7.99. The van der Waals surface area contributed by atoms with Crippen LogP contribution in [0.15, 0.2) is 0 Å². The van der Waals surface area contributed by atoms with E-state index in [4.69, 9.17) is 4.74 Å². The maximum atomic E-state index is 6.18. The van der Waals surface area contributed by atoms with Gasteiger partial charge in [0.2, 0.25) is 0 Å². The fourth-order valence-electron chi connectivity index (χ4n) is 4.04. The number of ether oxygens (including phenoxy) is 1. The van der Waals surface area contributed by atoms with Crippen molar-refractivity contribution >= 4 is 11.8 Å². The summed E-state index contributed by atoms with van der Waals surface area (Å²) in [7, 11) is 0. The second-order valence-electron chi connectivity index (χ2n) is 6.75. The van der Waals surface area contributed by atoms with Gasteiger partial charge in [-0.2, -0.15) is 11.8 Å². The lowest BCUT2D eigenvalue weighted by molar-refractivity contribution is -0.0958. The Morgan fingerprint density at radius 1 is 1.11 bits per heavy atom. The zero-order chi connectivity index (χ0) is 12.5. The normalized spacial score (nSPS) is 34.8. The molecule has 3 heteroatoms. The molecule has 0 radical (unpaired) electrons. The minimum absolute atomic E-state index is 0.232. The van der Waals surface area contributed by atoms with Crippen LogP contribution in [0.25, 0.3) is 0 Å². The van der Waals surface area contributed by atoms with E-state index in [1.807, 2.05) is 0 Å². The first-order valence-electron chi connectivity index (χ1n) is 7.69. The maximum absolute atomic E-state index is 6.18. The highest BCUT2D eigenvalue weighted by Crippen LogP contribution is 2.39. The zero-order valence-corrected chi connectivity index (χ0v) is 12.5. The van der Waals surface area contributed by atoms with Gasteiger partial charge in [0.1, 0.15) is 0 Å². The summed E-state index contributed by atoms with van der Waals surface area (Å²) >= 11 is 2.10. The van der Waals surface area contributed by atoms with Crippen molar-refractivity contribution in [3.05, 3.63) is 0 Å². The lowest BCUT2D eigenvalue weighted by Gasteiger charge is -2.45. The van der Waals surface area contributed by atoms with Crippen molar-refractivity contribution in [2.24, 2.45) is 0 Å². The van der Waals surface area contributed by atoms with Gasteiger partial charge in [0.15, 0.2) is 0 Å². The molecule has 1 saturated carbocycles. The van der Waals surface area contributed by atoms with E-state index >= 15 is 0 Å². The Bertz CT molecular complexity index is 277. The topological polar surface area (TPSA) is 21.3 Å². The number of rotatable bonds is 2. The van der Waals surface area contributed by atoms with E-state index in [-0.39, 0.29) is 5.60 Å². The molecule has 3 fully saturated rings. The molecule has 2 heterocycles. The van der Waals surface area contributed by atoms with Crippen LogP contribution in [0.1, 0.15) is 58.3 Å². The largest absolute Gasteiger partial charge is 0.375 e. The fraction of sp³-hybridized carbons (Fsp3) is 1.00. The van der Waals surface area contributed by atoms with Gasteiger partial charge in [-0.05, 0) is 57.0 Å². The van der Waals surface area contributed by atoms with Gasteiger partial charge in [-0.15, -0.1) is 0 Å². The molecule has 2 aliphatic heterocycles. The van der Waals surface area contributed by atoms with Crippen LogP contribution in [0, 0.1) is 0 Å². The van der Waals surface area contributed by atoms with Crippen LogP contribution >= 0.6 is 11.8 Å². The van der Waals surface area contributed by atoms with Gasteiger partial charge in [0.05, 0.1) is 5.60 Å². The van der Waals surface area contributed by atoms with Crippen LogP contribution in [0.4, 0.5) is 0 Å². The van der Waals surface area contributed by atoms with Gasteiger partial charge in [0, 0.05) is 18.2 Å². The van der Waals surface area contributed by atoms with Crippen LogP contribution in [0.3, 0.4) is 0 Å². The quantitative estimate of drug-likeness (QED) is 0.830. The van der Waals surface area contributed by atoms with E-state index in [9.17, 15) is 0 Å². The van der Waals surface area contributed by atoms with E-state index in [0.29, 0.717) is 11.6 Å². The van der Waals surface area contributed by atoms with Gasteiger partial charge in [-0.3, -0.25) is 0 Å². The summed E-state index contributed by atoms with van der Waals surface area (Å²) in [6, 6.07) is 0.699. The summed E-state index contributed by atoms with van der Waals surface area (Å²) in [5, 5.41) is 3.98. The molecule has 1 atom stereocenters. The second kappa shape index (κ2) is 5.34. The molecular formula is C15H27NOS. The molecule has 104 valence electrons. The van der Waals surface area contributed by atoms with Crippen molar-refractivity contribution in [3.63, 3.8) is 0 Å². The molecule has 1 unspecified atom stereocenters. The standard InChI is InChI=1S/C15H27NOS/c1-14(5-2-3-6-14)16-13-4-9-17-15(12-13)7-10-18-11-8-15/h13,16H,2-12H2,1H3. The molecule has 2 saturated heterocycles. The molecule has 0 bridgehead atoms. The first kappa shape index (κ1) is 13.3. The van der Waals surface area contributed by atoms with Crippen molar-refractivity contribution in [3.8, 4) is 0 Å². The maximum Gasteiger partial charge on any atom is 0.0713 e. The van der Waals surface area contributed by atoms with Crippen LogP contribution in [-0.4, -0.2) is 35.3 Å². The predicted octanol–water partition coefficient (Wildman–Crippen LogP) is 3.35. The fourth-order valence-corrected chi connectivity index (χ4v) is 5.27. The van der Waals surface area contributed by atoms with Gasteiger partial charge in [0.25, 0.3) is 0 Å². The minimum atomic E-state index is 0.232. The lowest BCUT2D eigenvalue weighted by atomic mass is 9.84. The van der Waals surface area contributed by atoms with E-state index in [1.165, 1.54) is 62.9 Å². The predicted molar refractivity (Wildman–Crippen MR) is 78.3 cm³/mol. The summed E-state index contributed by atoms with van der Waals surface area (Å²) in [5.74, 6) is 2.59. The van der Waals surface area contributed by atoms with Gasteiger partial charge >= 0.3 is 0 Å². The average molecular weight is 269 g/mol. The van der Waals surface area contributed by atoms with Crippen molar-refractivity contribution in [1.29, 1.82) is 0 Å². The van der Waals surface area contributed by atoms with E-state index in [1.54, 1.807) is 0 Å². The molecule has 18 heavy (non-hydrogen) atoms. The van der Waals surface area contributed by atoms with Crippen molar-refractivity contribution in [1.82, 2.24) is 5.32 Å². The van der Waals surface area contributed by atoms with Crippen molar-refractivity contribution < 1.29 is 4.74 Å². The lowest BCUT2D eigenvalue weighted by Crippen LogP contribution is -2.54. The Morgan fingerprint density at radius 2 is 1.83 bits per heavy atom. The number of nitrogens with one attached hydrogen (secondary N) is 1. The number of hydrogen-bond donors (Lipinski definition) is 1. The van der Waals surface area contributed by atoms with Gasteiger partial charge in [-0.25, -0.2) is 0 Å². The Labute approximate surface area is 116 Å². The SMILES string of the molecule is CC1(NC2CCOC3(CCSCC3)C2)CCCC1. The molecule has 0 amide bonds. The highest BCUT2D eigenvalue weighted by Gasteiger charge is 2.41. The first-order chi connectivity index (χ1) is 8.70. The second-order valence-corrected chi connectivity index (χ2v) is 7.97. The number of thioether (sulfide) groups is 1. The third-order valence-corrected chi connectivity index (χ3v) is 6.14. The van der Waals surface area contributed by atoms with Crippen LogP contribution in [0.2, 0.25) is 0 Å². The van der Waals surface area contributed by atoms with Gasteiger partial charge in [-0.1, -0.05) is 12.8 Å². The Hall–Kier alpha value is 0.270. The molecule has 2 nitrogen and oxygen atoms in total. The average Bonchev–Trinajstić information content (AvgIpc) is 2.77. The summed E-state index contributed by atoms with van der Waals surface area (Å²) in [6.07, 6.45) is 10.6. The summed E-state index contributed by atoms with van der Waals surface area (Å²) < 4.78 is 6.18. The van der Waals surface area contributed by atoms with Crippen LogP contribution in [-0.2, 0) is 4.74 Å². The van der Waals surface area contributed by atoms with E-state index in [0.717, 1.165) is 6.61 Å². The smallest absolute Gasteiger partial charge is 0.0713 e. The molecular weight excluding hydrogens is 242 g/mol. The Balaban J connectivity index is 1.59. The van der Waals surface area contributed by atoms with Crippen LogP contribution < -0.4 is 5.32 Å². The minimum Gasteiger partial charge on any atom is -0.375 e. The zero-order valence-electron chi connectivity index (χ0n) is 11.7. The van der Waals surface area contributed by atoms with E-state index in [2.05, 4.69) is 24.0 Å². The molecule has 1 aliphatic carbocycles. The van der Waals surface area contributed by atoms with Gasteiger partial charge < -0.3 is 10.1 Å². The molecule has 0 aromatic carbocycles. The molecule has 1 spiro atoms. The highest BCUT2D eigenvalue weighted by atomic mass is 32.2. The summed E-state index contributed by atoms with van der Waals surface area (Å²) in [4.78, 5) is 0. The van der Waals surface area contributed by atoms with Crippen LogP contribution in [0.5, 0.6) is 0 Å². The summed E-state index contributed by atoms with van der Waals surface area (Å²) in [6.45, 7) is 3.40. The number of hydrogen-bond acceptors (Lipinski definition) is 3. The third-order valence-electron chi connectivity index (χ3n) is 5.16. The summed E-state index contributed by atoms with van der Waals surface area (Å²) in [5.41, 5.74) is 0.656. The van der Waals surface area contributed by atoms with Crippen molar-refractivity contribution in [2.75, 3.05) is 18.1 Å². The first-order valence-corrected chi connectivity index (χ1v) is 8.85. The molecule has 1 N–H and O–H groups in total. The molecule has 3 rings (SSSR count). The molecule has 0 aromatic rings.